The van der Waals surface area contributed by atoms with E-state index < -0.39 is 0 Å². The predicted octanol–water partition coefficient (Wildman–Crippen LogP) is 3.89. The fourth-order valence-corrected chi connectivity index (χ4v) is 3.06. The van der Waals surface area contributed by atoms with Crippen molar-refractivity contribution in [3.8, 4) is 28.4 Å². The minimum atomic E-state index is 0.479. The van der Waals surface area contributed by atoms with Gasteiger partial charge in [0, 0.05) is 28.4 Å². The summed E-state index contributed by atoms with van der Waals surface area (Å²) in [5.74, 6) is 1.24. The highest BCUT2D eigenvalue weighted by atomic mass is 32.2. The number of benzene rings is 1. The van der Waals surface area contributed by atoms with Crippen molar-refractivity contribution in [1.82, 2.24) is 14.7 Å². The lowest BCUT2D eigenvalue weighted by Crippen LogP contribution is -1.98. The van der Waals surface area contributed by atoms with Crippen LogP contribution in [0.5, 0.6) is 5.75 Å². The van der Waals surface area contributed by atoms with Crippen LogP contribution in [0, 0.1) is 6.92 Å². The van der Waals surface area contributed by atoms with Crippen LogP contribution >= 0.6 is 11.8 Å². The van der Waals surface area contributed by atoms with E-state index in [-0.39, 0.29) is 0 Å². The van der Waals surface area contributed by atoms with Crippen molar-refractivity contribution in [2.24, 2.45) is 0 Å². The van der Waals surface area contributed by atoms with Gasteiger partial charge in [-0.05, 0) is 43.5 Å². The summed E-state index contributed by atoms with van der Waals surface area (Å²) in [6.45, 7) is 1.87. The third-order valence-electron chi connectivity index (χ3n) is 3.61. The van der Waals surface area contributed by atoms with Crippen LogP contribution in [0.4, 0.5) is 0 Å². The third kappa shape index (κ3) is 2.77. The van der Waals surface area contributed by atoms with Crippen LogP contribution in [-0.2, 0) is 0 Å². The van der Waals surface area contributed by atoms with Crippen molar-refractivity contribution in [1.29, 1.82) is 0 Å². The number of thioether (sulfide) groups is 1. The Labute approximate surface area is 138 Å². The summed E-state index contributed by atoms with van der Waals surface area (Å²) in [4.78, 5) is 9.65. The lowest BCUT2D eigenvalue weighted by molar-refractivity contribution is 0.195. The maximum absolute atomic E-state index is 10.6. The molecule has 3 rings (SSSR count). The van der Waals surface area contributed by atoms with Crippen molar-refractivity contribution >= 4 is 11.8 Å². The summed E-state index contributed by atoms with van der Waals surface area (Å²) in [5.41, 5.74) is 2.99. The lowest BCUT2D eigenvalue weighted by Gasteiger charge is -2.09. The molecule has 0 saturated carbocycles. The summed E-state index contributed by atoms with van der Waals surface area (Å²) >= 11 is 1.61. The van der Waals surface area contributed by atoms with Crippen LogP contribution in [0.3, 0.4) is 0 Å². The number of methoxy groups -OCH3 is 1. The average Bonchev–Trinajstić information content (AvgIpc) is 2.89. The van der Waals surface area contributed by atoms with Gasteiger partial charge in [0.2, 0.25) is 0 Å². The van der Waals surface area contributed by atoms with Crippen LogP contribution in [0.1, 0.15) is 5.69 Å². The first kappa shape index (κ1) is 15.4. The molecule has 0 bridgehead atoms. The largest absolute Gasteiger partial charge is 0.496 e. The second kappa shape index (κ2) is 6.34. The third-order valence-corrected chi connectivity index (χ3v) is 4.38. The molecule has 2 aromatic heterocycles. The van der Waals surface area contributed by atoms with Gasteiger partial charge in [0.25, 0.3) is 0 Å². The van der Waals surface area contributed by atoms with E-state index in [2.05, 4.69) is 9.97 Å². The highest BCUT2D eigenvalue weighted by Gasteiger charge is 2.18. The first-order valence-electron chi connectivity index (χ1n) is 7.07. The van der Waals surface area contributed by atoms with E-state index in [1.165, 1.54) is 0 Å². The number of imidazole rings is 1. The van der Waals surface area contributed by atoms with Gasteiger partial charge in [0.1, 0.15) is 11.4 Å². The second-order valence-corrected chi connectivity index (χ2v) is 5.84. The number of aryl methyl sites for hydroxylation is 1. The normalized spacial score (nSPS) is 10.7. The first-order chi connectivity index (χ1) is 11.2. The number of pyridine rings is 1. The van der Waals surface area contributed by atoms with Gasteiger partial charge in [-0.3, -0.25) is 4.98 Å². The van der Waals surface area contributed by atoms with Gasteiger partial charge in [-0.2, -0.15) is 4.73 Å². The van der Waals surface area contributed by atoms with Gasteiger partial charge in [0.05, 0.1) is 12.8 Å². The molecule has 2 heterocycles. The number of rotatable bonds is 4. The fourth-order valence-electron chi connectivity index (χ4n) is 2.51. The number of hydrogen-bond acceptors (Lipinski definition) is 5. The van der Waals surface area contributed by atoms with Crippen LogP contribution in [0.15, 0.2) is 47.6 Å². The van der Waals surface area contributed by atoms with Gasteiger partial charge < -0.3 is 9.94 Å². The zero-order valence-corrected chi connectivity index (χ0v) is 14.0. The summed E-state index contributed by atoms with van der Waals surface area (Å²) in [5, 5.41) is 10.6. The van der Waals surface area contributed by atoms with Gasteiger partial charge in [-0.15, -0.1) is 11.8 Å². The van der Waals surface area contributed by atoms with Crippen LogP contribution in [-0.4, -0.2) is 33.3 Å². The van der Waals surface area contributed by atoms with Crippen molar-refractivity contribution in [2.45, 2.75) is 11.8 Å². The Morgan fingerprint density at radius 3 is 2.70 bits per heavy atom. The Bertz CT molecular complexity index is 831. The monoisotopic (exact) mass is 327 g/mol. The molecule has 0 saturated heterocycles. The van der Waals surface area contributed by atoms with Gasteiger partial charge in [0.15, 0.2) is 5.82 Å². The number of nitrogens with zero attached hydrogens (tertiary/aromatic N) is 3. The number of hydrogen-bond donors (Lipinski definition) is 1. The fraction of sp³-hybridized carbons (Fsp3) is 0.176. The van der Waals surface area contributed by atoms with Crippen LogP contribution < -0.4 is 4.74 Å². The summed E-state index contributed by atoms with van der Waals surface area (Å²) in [6, 6.07) is 9.50. The zero-order valence-electron chi connectivity index (χ0n) is 13.1. The Hall–Kier alpha value is -2.47. The molecule has 0 amide bonds. The molecule has 0 spiro atoms. The molecule has 0 radical (unpaired) electrons. The van der Waals surface area contributed by atoms with Crippen molar-refractivity contribution in [3.05, 3.63) is 48.4 Å². The van der Waals surface area contributed by atoms with Gasteiger partial charge >= 0.3 is 0 Å². The van der Waals surface area contributed by atoms with E-state index in [0.717, 1.165) is 32.2 Å². The molecule has 0 aliphatic carbocycles. The van der Waals surface area contributed by atoms with E-state index in [9.17, 15) is 5.21 Å². The number of aromatic nitrogens is 3. The molecule has 1 aromatic carbocycles. The molecular weight excluding hydrogens is 310 g/mol. The average molecular weight is 327 g/mol. The molecule has 1 N–H and O–H groups in total. The standard InChI is InChI=1S/C17H17N3O2S/c1-11-16(13-5-4-8-18-10-13)20(21)17(19-11)12-6-7-15(23-3)14(9-12)22-2/h4-10,21H,1-3H3. The Morgan fingerprint density at radius 1 is 1.22 bits per heavy atom. The molecule has 6 heteroatoms. The lowest BCUT2D eigenvalue weighted by atomic mass is 10.2. The smallest absolute Gasteiger partial charge is 0.176 e. The Balaban J connectivity index is 2.12. The highest BCUT2D eigenvalue weighted by molar-refractivity contribution is 7.98. The highest BCUT2D eigenvalue weighted by Crippen LogP contribution is 2.34. The quantitative estimate of drug-likeness (QED) is 0.582. The van der Waals surface area contributed by atoms with E-state index in [0.29, 0.717) is 11.5 Å². The second-order valence-electron chi connectivity index (χ2n) is 4.99. The Morgan fingerprint density at radius 2 is 2.04 bits per heavy atom. The number of ether oxygens (including phenoxy) is 1. The van der Waals surface area contributed by atoms with Crippen LogP contribution in [0.25, 0.3) is 22.6 Å². The zero-order chi connectivity index (χ0) is 16.4. The first-order valence-corrected chi connectivity index (χ1v) is 8.29. The SMILES string of the molecule is COc1cc(-c2nc(C)c(-c3cccnc3)n2O)ccc1SC. The molecule has 0 aliphatic rings. The van der Waals surface area contributed by atoms with Crippen molar-refractivity contribution in [3.63, 3.8) is 0 Å². The molecule has 3 aromatic rings. The minimum absolute atomic E-state index is 0.479. The van der Waals surface area contributed by atoms with E-state index >= 15 is 0 Å². The Kier molecular flexibility index (Phi) is 4.25. The van der Waals surface area contributed by atoms with Gasteiger partial charge in [-0.25, -0.2) is 4.98 Å². The van der Waals surface area contributed by atoms with Crippen LogP contribution in [0.2, 0.25) is 0 Å². The molecule has 0 aliphatic heterocycles. The molecular formula is C17H17N3O2S. The molecule has 0 atom stereocenters. The maximum Gasteiger partial charge on any atom is 0.176 e. The van der Waals surface area contributed by atoms with E-state index in [1.807, 2.05) is 43.5 Å². The maximum atomic E-state index is 10.6. The summed E-state index contributed by atoms with van der Waals surface area (Å²) in [6.07, 6.45) is 5.40. The van der Waals surface area contributed by atoms with Crippen molar-refractivity contribution < 1.29 is 9.94 Å². The van der Waals surface area contributed by atoms with Crippen molar-refractivity contribution in [2.75, 3.05) is 13.4 Å². The summed E-state index contributed by atoms with van der Waals surface area (Å²) in [7, 11) is 1.64. The van der Waals surface area contributed by atoms with Gasteiger partial charge in [-0.1, -0.05) is 0 Å². The summed E-state index contributed by atoms with van der Waals surface area (Å²) < 4.78 is 6.52. The molecule has 0 fully saturated rings. The predicted molar refractivity (Wildman–Crippen MR) is 91.1 cm³/mol. The minimum Gasteiger partial charge on any atom is -0.496 e. The van der Waals surface area contributed by atoms with E-state index in [1.54, 1.807) is 31.3 Å². The molecule has 23 heavy (non-hydrogen) atoms. The molecule has 5 nitrogen and oxygen atoms in total. The molecule has 0 unspecified atom stereocenters. The van der Waals surface area contributed by atoms with E-state index in [4.69, 9.17) is 4.74 Å². The topological polar surface area (TPSA) is 60.2 Å². The molecule has 118 valence electrons.